The summed E-state index contributed by atoms with van der Waals surface area (Å²) in [4.78, 5) is 13.8. The van der Waals surface area contributed by atoms with Gasteiger partial charge >= 0.3 is 5.97 Å². The topological polar surface area (TPSA) is 40.5 Å². The molecule has 0 aliphatic heterocycles. The molecule has 3 nitrogen and oxygen atoms in total. The van der Waals surface area contributed by atoms with Crippen molar-refractivity contribution in [3.8, 4) is 0 Å². The quantitative estimate of drug-likeness (QED) is 0.785. The minimum Gasteiger partial charge on any atom is -0.480 e. The lowest BCUT2D eigenvalue weighted by Crippen LogP contribution is -2.56. The molecule has 0 spiro atoms. The minimum atomic E-state index is -0.616. The molecule has 3 heteroatoms. The van der Waals surface area contributed by atoms with Crippen molar-refractivity contribution in [3.05, 3.63) is 0 Å². The predicted octanol–water partition coefficient (Wildman–Crippen LogP) is 2.75. The van der Waals surface area contributed by atoms with Gasteiger partial charge in [0.2, 0.25) is 0 Å². The van der Waals surface area contributed by atoms with Gasteiger partial charge in [0.15, 0.2) is 0 Å². The summed E-state index contributed by atoms with van der Waals surface area (Å²) in [6, 6.07) is 0. The van der Waals surface area contributed by atoms with E-state index in [1.807, 2.05) is 0 Å². The van der Waals surface area contributed by atoms with Crippen LogP contribution in [0.1, 0.15) is 52.9 Å². The highest BCUT2D eigenvalue weighted by atomic mass is 16.4. The summed E-state index contributed by atoms with van der Waals surface area (Å²) < 4.78 is 0. The van der Waals surface area contributed by atoms with Crippen LogP contribution in [0.15, 0.2) is 0 Å². The third-order valence-corrected chi connectivity index (χ3v) is 3.98. The molecule has 0 atom stereocenters. The fourth-order valence-corrected chi connectivity index (χ4v) is 2.85. The first-order valence-electron chi connectivity index (χ1n) is 6.55. The standard InChI is InChI=1S/C13H25NO2/c1-4-10-14(5-2)13(12(15)16)8-6-11(3)7-9-13/h11H,4-10H2,1-3H3,(H,15,16). The third kappa shape index (κ3) is 2.57. The molecule has 1 aliphatic rings. The zero-order chi connectivity index (χ0) is 12.2. The smallest absolute Gasteiger partial charge is 0.324 e. The molecule has 1 N–H and O–H groups in total. The van der Waals surface area contributed by atoms with Gasteiger partial charge in [-0.05, 0) is 51.1 Å². The summed E-state index contributed by atoms with van der Waals surface area (Å²) in [6.45, 7) is 8.15. The fourth-order valence-electron chi connectivity index (χ4n) is 2.85. The van der Waals surface area contributed by atoms with Crippen molar-refractivity contribution in [1.29, 1.82) is 0 Å². The van der Waals surface area contributed by atoms with Gasteiger partial charge in [-0.2, -0.15) is 0 Å². The van der Waals surface area contributed by atoms with E-state index in [0.29, 0.717) is 5.92 Å². The Labute approximate surface area is 98.8 Å². The van der Waals surface area contributed by atoms with Crippen molar-refractivity contribution in [2.75, 3.05) is 13.1 Å². The molecule has 16 heavy (non-hydrogen) atoms. The lowest BCUT2D eigenvalue weighted by molar-refractivity contribution is -0.155. The van der Waals surface area contributed by atoms with Crippen molar-refractivity contribution in [2.45, 2.75) is 58.4 Å². The highest BCUT2D eigenvalue weighted by Crippen LogP contribution is 2.36. The number of hydrogen-bond donors (Lipinski definition) is 1. The van der Waals surface area contributed by atoms with Gasteiger partial charge in [-0.3, -0.25) is 9.69 Å². The Morgan fingerprint density at radius 1 is 1.38 bits per heavy atom. The molecule has 1 saturated carbocycles. The highest BCUT2D eigenvalue weighted by molar-refractivity contribution is 5.79. The van der Waals surface area contributed by atoms with E-state index in [1.165, 1.54) is 0 Å². The third-order valence-electron chi connectivity index (χ3n) is 3.98. The van der Waals surface area contributed by atoms with E-state index in [0.717, 1.165) is 45.2 Å². The number of rotatable bonds is 5. The molecule has 0 aromatic rings. The second-order valence-corrected chi connectivity index (χ2v) is 5.10. The summed E-state index contributed by atoms with van der Waals surface area (Å²) in [5.41, 5.74) is -0.572. The predicted molar refractivity (Wildman–Crippen MR) is 65.5 cm³/mol. The zero-order valence-corrected chi connectivity index (χ0v) is 10.8. The van der Waals surface area contributed by atoms with E-state index in [1.54, 1.807) is 0 Å². The largest absolute Gasteiger partial charge is 0.480 e. The molecule has 0 heterocycles. The first kappa shape index (κ1) is 13.5. The van der Waals surface area contributed by atoms with Crippen molar-refractivity contribution in [2.24, 2.45) is 5.92 Å². The summed E-state index contributed by atoms with van der Waals surface area (Å²) in [7, 11) is 0. The number of carboxylic acids is 1. The Morgan fingerprint density at radius 3 is 2.31 bits per heavy atom. The summed E-state index contributed by atoms with van der Waals surface area (Å²) >= 11 is 0. The van der Waals surface area contributed by atoms with Crippen LogP contribution in [0.25, 0.3) is 0 Å². The van der Waals surface area contributed by atoms with E-state index in [-0.39, 0.29) is 0 Å². The van der Waals surface area contributed by atoms with Gasteiger partial charge in [-0.25, -0.2) is 0 Å². The second kappa shape index (κ2) is 5.67. The lowest BCUT2D eigenvalue weighted by Gasteiger charge is -2.44. The van der Waals surface area contributed by atoms with Crippen LogP contribution in [0.4, 0.5) is 0 Å². The Balaban J connectivity index is 2.83. The maximum absolute atomic E-state index is 11.6. The van der Waals surface area contributed by atoms with Crippen LogP contribution >= 0.6 is 0 Å². The van der Waals surface area contributed by atoms with Crippen molar-refractivity contribution >= 4 is 5.97 Å². The normalized spacial score (nSPS) is 30.6. The monoisotopic (exact) mass is 227 g/mol. The van der Waals surface area contributed by atoms with Gasteiger partial charge in [-0.1, -0.05) is 20.8 Å². The Morgan fingerprint density at radius 2 is 1.94 bits per heavy atom. The molecule has 1 aliphatic carbocycles. The molecule has 0 bridgehead atoms. The number of carboxylic acid groups (broad SMARTS) is 1. The molecule has 1 rings (SSSR count). The van der Waals surface area contributed by atoms with Crippen LogP contribution < -0.4 is 0 Å². The Bertz CT molecular complexity index is 232. The van der Waals surface area contributed by atoms with Crippen LogP contribution in [0.3, 0.4) is 0 Å². The van der Waals surface area contributed by atoms with Crippen molar-refractivity contribution in [3.63, 3.8) is 0 Å². The maximum atomic E-state index is 11.6. The molecule has 1 fully saturated rings. The molecular formula is C13H25NO2. The number of carbonyl (C=O) groups is 1. The molecule has 0 saturated heterocycles. The maximum Gasteiger partial charge on any atom is 0.324 e. The number of likely N-dealkylation sites (N-methyl/N-ethyl adjacent to an activating group) is 1. The lowest BCUT2D eigenvalue weighted by atomic mass is 9.76. The molecule has 0 aromatic heterocycles. The van der Waals surface area contributed by atoms with Gasteiger partial charge in [0.05, 0.1) is 0 Å². The van der Waals surface area contributed by atoms with Crippen molar-refractivity contribution in [1.82, 2.24) is 4.90 Å². The summed E-state index contributed by atoms with van der Waals surface area (Å²) in [6.07, 6.45) is 4.76. The molecule has 0 radical (unpaired) electrons. The van der Waals surface area contributed by atoms with Gasteiger partial charge in [-0.15, -0.1) is 0 Å². The van der Waals surface area contributed by atoms with Crippen molar-refractivity contribution < 1.29 is 9.90 Å². The van der Waals surface area contributed by atoms with E-state index < -0.39 is 11.5 Å². The first-order chi connectivity index (χ1) is 7.56. The molecule has 94 valence electrons. The second-order valence-electron chi connectivity index (χ2n) is 5.10. The molecule has 0 amide bonds. The highest BCUT2D eigenvalue weighted by Gasteiger charge is 2.45. The van der Waals surface area contributed by atoms with E-state index in [9.17, 15) is 9.90 Å². The fraction of sp³-hybridized carbons (Fsp3) is 0.923. The Hall–Kier alpha value is -0.570. The molecule has 0 aromatic carbocycles. The number of hydrogen-bond acceptors (Lipinski definition) is 2. The number of aliphatic carboxylic acids is 1. The average molecular weight is 227 g/mol. The molecular weight excluding hydrogens is 202 g/mol. The first-order valence-corrected chi connectivity index (χ1v) is 6.55. The summed E-state index contributed by atoms with van der Waals surface area (Å²) in [5, 5.41) is 9.56. The van der Waals surface area contributed by atoms with Gasteiger partial charge in [0.25, 0.3) is 0 Å². The summed E-state index contributed by atoms with van der Waals surface area (Å²) in [5.74, 6) is 0.0718. The van der Waals surface area contributed by atoms with Crippen LogP contribution in [-0.4, -0.2) is 34.6 Å². The van der Waals surface area contributed by atoms with E-state index in [4.69, 9.17) is 0 Å². The SMILES string of the molecule is CCCN(CC)C1(C(=O)O)CCC(C)CC1. The van der Waals surface area contributed by atoms with Crippen LogP contribution in [0.2, 0.25) is 0 Å². The van der Waals surface area contributed by atoms with Crippen LogP contribution in [0, 0.1) is 5.92 Å². The molecule has 0 unspecified atom stereocenters. The minimum absolute atomic E-state index is 0.572. The van der Waals surface area contributed by atoms with Gasteiger partial charge in [0.1, 0.15) is 5.54 Å². The van der Waals surface area contributed by atoms with E-state index in [2.05, 4.69) is 25.7 Å². The van der Waals surface area contributed by atoms with Crippen LogP contribution in [0.5, 0.6) is 0 Å². The zero-order valence-electron chi connectivity index (χ0n) is 10.8. The van der Waals surface area contributed by atoms with Crippen LogP contribution in [-0.2, 0) is 4.79 Å². The van der Waals surface area contributed by atoms with Gasteiger partial charge in [0, 0.05) is 0 Å². The van der Waals surface area contributed by atoms with E-state index >= 15 is 0 Å². The Kier molecular flexibility index (Phi) is 4.78. The number of nitrogens with zero attached hydrogens (tertiary/aromatic N) is 1. The van der Waals surface area contributed by atoms with Gasteiger partial charge < -0.3 is 5.11 Å². The average Bonchev–Trinajstić information content (AvgIpc) is 2.27.